The number of hydrogen-bond acceptors (Lipinski definition) is 6. The van der Waals surface area contributed by atoms with Crippen LogP contribution in [0.4, 0.5) is 4.39 Å². The van der Waals surface area contributed by atoms with Gasteiger partial charge in [-0.15, -0.1) is 11.3 Å². The van der Waals surface area contributed by atoms with Crippen molar-refractivity contribution in [1.29, 1.82) is 0 Å². The maximum atomic E-state index is 14.3. The largest absolute Gasteiger partial charge is 0.493 e. The quantitative estimate of drug-likeness (QED) is 0.591. The van der Waals surface area contributed by atoms with Gasteiger partial charge in [0.2, 0.25) is 10.6 Å². The summed E-state index contributed by atoms with van der Waals surface area (Å²) in [5, 5.41) is 6.35. The van der Waals surface area contributed by atoms with Gasteiger partial charge < -0.3 is 14.2 Å². The Morgan fingerprint density at radius 2 is 1.75 bits per heavy atom. The van der Waals surface area contributed by atoms with Crippen LogP contribution in [0.25, 0.3) is 11.3 Å². The minimum atomic E-state index is -0.324. The van der Waals surface area contributed by atoms with Crippen molar-refractivity contribution in [1.82, 2.24) is 4.68 Å². The number of hydrogen-bond donors (Lipinski definition) is 0. The summed E-state index contributed by atoms with van der Waals surface area (Å²) in [5.74, 6) is 1.19. The molecule has 1 aromatic heterocycles. The van der Waals surface area contributed by atoms with Gasteiger partial charge in [-0.25, -0.2) is 9.07 Å². The Hall–Kier alpha value is -3.13. The van der Waals surface area contributed by atoms with Crippen LogP contribution in [-0.2, 0) is 0 Å². The van der Waals surface area contributed by atoms with Crippen LogP contribution in [0.1, 0.15) is 5.56 Å². The molecule has 0 fully saturated rings. The first-order chi connectivity index (χ1) is 13.6. The molecule has 2 aromatic carbocycles. The number of halogens is 1. The van der Waals surface area contributed by atoms with Crippen molar-refractivity contribution >= 4 is 17.6 Å². The number of nitrogens with zero attached hydrogens (tertiary/aromatic N) is 3. The van der Waals surface area contributed by atoms with E-state index in [1.54, 1.807) is 63.5 Å². The highest BCUT2D eigenvalue weighted by atomic mass is 32.1. The Labute approximate surface area is 166 Å². The van der Waals surface area contributed by atoms with Crippen LogP contribution >= 0.6 is 11.3 Å². The van der Waals surface area contributed by atoms with Gasteiger partial charge in [0, 0.05) is 23.6 Å². The molecule has 0 unspecified atom stereocenters. The summed E-state index contributed by atoms with van der Waals surface area (Å²) in [7, 11) is 6.31. The molecule has 1 heterocycles. The van der Waals surface area contributed by atoms with E-state index < -0.39 is 0 Å². The van der Waals surface area contributed by atoms with E-state index in [-0.39, 0.29) is 5.82 Å². The predicted octanol–water partition coefficient (Wildman–Crippen LogP) is 3.79. The van der Waals surface area contributed by atoms with Gasteiger partial charge in [0.25, 0.3) is 0 Å². The SMILES string of the molecule is CN=c1scc(-c2ccccc2F)n1/N=C\c1ccc(OC)c(OC)c1OC. The Kier molecular flexibility index (Phi) is 6.10. The van der Waals surface area contributed by atoms with Crippen molar-refractivity contribution in [2.75, 3.05) is 28.4 Å². The normalized spacial score (nSPS) is 11.8. The van der Waals surface area contributed by atoms with Gasteiger partial charge in [0.15, 0.2) is 11.5 Å². The Morgan fingerprint density at radius 3 is 2.39 bits per heavy atom. The molecule has 0 saturated heterocycles. The molecule has 0 amide bonds. The van der Waals surface area contributed by atoms with E-state index in [1.165, 1.54) is 17.4 Å². The van der Waals surface area contributed by atoms with Crippen molar-refractivity contribution in [3.8, 4) is 28.5 Å². The first-order valence-electron chi connectivity index (χ1n) is 8.36. The number of thiazole rings is 1. The predicted molar refractivity (Wildman–Crippen MR) is 108 cm³/mol. The Bertz CT molecular complexity index is 1070. The lowest BCUT2D eigenvalue weighted by molar-refractivity contribution is 0.324. The van der Waals surface area contributed by atoms with Gasteiger partial charge >= 0.3 is 0 Å². The zero-order valence-electron chi connectivity index (χ0n) is 16.0. The van der Waals surface area contributed by atoms with Crippen molar-refractivity contribution in [2.45, 2.75) is 0 Å². The topological polar surface area (TPSA) is 57.3 Å². The standard InChI is InChI=1S/C20H20FN3O3S/c1-22-20-24(16(12-28-20)14-7-5-6-8-15(14)21)23-11-13-9-10-17(25-2)19(27-4)18(13)26-3/h5-12H,1-4H3/b22-20?,23-11-. The molecule has 6 nitrogen and oxygen atoms in total. The van der Waals surface area contributed by atoms with E-state index in [9.17, 15) is 4.39 Å². The summed E-state index contributed by atoms with van der Waals surface area (Å²) in [6.07, 6.45) is 1.62. The van der Waals surface area contributed by atoms with Gasteiger partial charge in [-0.05, 0) is 24.3 Å². The molecule has 146 valence electrons. The third kappa shape index (κ3) is 3.63. The second-order valence-electron chi connectivity index (χ2n) is 5.59. The van der Waals surface area contributed by atoms with Crippen LogP contribution in [0.2, 0.25) is 0 Å². The molecule has 3 aromatic rings. The fourth-order valence-electron chi connectivity index (χ4n) is 2.76. The van der Waals surface area contributed by atoms with Gasteiger partial charge in [-0.1, -0.05) is 12.1 Å². The highest BCUT2D eigenvalue weighted by Gasteiger charge is 2.15. The summed E-state index contributed by atoms with van der Waals surface area (Å²) < 4.78 is 32.1. The summed E-state index contributed by atoms with van der Waals surface area (Å²) in [6.45, 7) is 0. The van der Waals surface area contributed by atoms with Crippen LogP contribution in [0, 0.1) is 5.82 Å². The zero-order chi connectivity index (χ0) is 20.1. The highest BCUT2D eigenvalue weighted by Crippen LogP contribution is 2.39. The zero-order valence-corrected chi connectivity index (χ0v) is 16.8. The van der Waals surface area contributed by atoms with Gasteiger partial charge in [0.1, 0.15) is 5.82 Å². The summed E-state index contributed by atoms with van der Waals surface area (Å²) in [4.78, 5) is 4.86. The fourth-order valence-corrected chi connectivity index (χ4v) is 3.56. The molecule has 28 heavy (non-hydrogen) atoms. The molecule has 0 radical (unpaired) electrons. The summed E-state index contributed by atoms with van der Waals surface area (Å²) >= 11 is 1.38. The van der Waals surface area contributed by atoms with Crippen LogP contribution in [0.3, 0.4) is 0 Å². The smallest absolute Gasteiger partial charge is 0.205 e. The van der Waals surface area contributed by atoms with Gasteiger partial charge in [-0.2, -0.15) is 5.10 Å². The lowest BCUT2D eigenvalue weighted by Gasteiger charge is -2.13. The van der Waals surface area contributed by atoms with E-state index in [4.69, 9.17) is 14.2 Å². The van der Waals surface area contributed by atoms with Crippen LogP contribution in [0.5, 0.6) is 17.2 Å². The number of aromatic nitrogens is 1. The van der Waals surface area contributed by atoms with Crippen LogP contribution in [-0.4, -0.2) is 39.3 Å². The molecule has 0 atom stereocenters. The molecular formula is C20H20FN3O3S. The minimum Gasteiger partial charge on any atom is -0.493 e. The summed E-state index contributed by atoms with van der Waals surface area (Å²) in [6, 6.07) is 10.1. The van der Waals surface area contributed by atoms with Gasteiger partial charge in [0.05, 0.1) is 33.2 Å². The number of rotatable bonds is 6. The van der Waals surface area contributed by atoms with E-state index in [0.717, 1.165) is 0 Å². The van der Waals surface area contributed by atoms with E-state index >= 15 is 0 Å². The first-order valence-corrected chi connectivity index (χ1v) is 9.24. The lowest BCUT2D eigenvalue weighted by Crippen LogP contribution is -2.12. The van der Waals surface area contributed by atoms with E-state index in [1.807, 2.05) is 11.4 Å². The first kappa shape index (κ1) is 19.6. The van der Waals surface area contributed by atoms with E-state index in [2.05, 4.69) is 10.1 Å². The maximum absolute atomic E-state index is 14.3. The molecule has 0 aliphatic carbocycles. The van der Waals surface area contributed by atoms with Gasteiger partial charge in [-0.3, -0.25) is 4.99 Å². The second kappa shape index (κ2) is 8.71. The van der Waals surface area contributed by atoms with E-state index in [0.29, 0.717) is 38.9 Å². The highest BCUT2D eigenvalue weighted by molar-refractivity contribution is 7.07. The minimum absolute atomic E-state index is 0.324. The number of benzene rings is 2. The molecule has 0 saturated carbocycles. The maximum Gasteiger partial charge on any atom is 0.205 e. The molecule has 0 N–H and O–H groups in total. The second-order valence-corrected chi connectivity index (χ2v) is 6.42. The van der Waals surface area contributed by atoms with Crippen molar-refractivity contribution in [3.05, 3.63) is 58.0 Å². The molecule has 3 rings (SSSR count). The molecular weight excluding hydrogens is 381 g/mol. The van der Waals surface area contributed by atoms with Crippen LogP contribution < -0.4 is 19.0 Å². The fraction of sp³-hybridized carbons (Fsp3) is 0.200. The molecule has 0 bridgehead atoms. The Morgan fingerprint density at radius 1 is 1.00 bits per heavy atom. The molecule has 8 heteroatoms. The summed E-state index contributed by atoms with van der Waals surface area (Å²) in [5.41, 5.74) is 1.74. The third-order valence-corrected chi connectivity index (χ3v) is 4.98. The van der Waals surface area contributed by atoms with Crippen molar-refractivity contribution in [2.24, 2.45) is 10.1 Å². The monoisotopic (exact) mass is 401 g/mol. The lowest BCUT2D eigenvalue weighted by atomic mass is 10.1. The molecule has 0 spiro atoms. The Balaban J connectivity index is 2.12. The average molecular weight is 401 g/mol. The number of ether oxygens (including phenoxy) is 3. The van der Waals surface area contributed by atoms with Crippen LogP contribution in [0.15, 0.2) is 51.9 Å². The molecule has 0 aliphatic heterocycles. The molecule has 0 aliphatic rings. The van der Waals surface area contributed by atoms with Crippen molar-refractivity contribution in [3.63, 3.8) is 0 Å². The third-order valence-electron chi connectivity index (χ3n) is 4.07. The average Bonchev–Trinajstić information content (AvgIpc) is 3.14. The van der Waals surface area contributed by atoms with Crippen molar-refractivity contribution < 1.29 is 18.6 Å². The number of methoxy groups -OCH3 is 3.